The van der Waals surface area contributed by atoms with E-state index in [1.54, 1.807) is 19.2 Å². The standard InChI is InChI=1S/C17H15ClN2O5/c1-10(16(21)11-3-5-12(18)6-4-11)25-17(22)14-9-13(20(23)24)7-8-15(14)19-2/h3-10,19H,1-2H3/t10-/m1/s1. The lowest BCUT2D eigenvalue weighted by Gasteiger charge is -2.14. The molecule has 0 bridgehead atoms. The third kappa shape index (κ3) is 4.33. The molecule has 2 aromatic rings. The number of nitro benzene ring substituents is 1. The summed E-state index contributed by atoms with van der Waals surface area (Å²) in [6.07, 6.45) is -1.06. The van der Waals surface area contributed by atoms with E-state index in [1.807, 2.05) is 0 Å². The van der Waals surface area contributed by atoms with Crippen LogP contribution in [0, 0.1) is 10.1 Å². The van der Waals surface area contributed by atoms with Crippen LogP contribution in [0.25, 0.3) is 0 Å². The van der Waals surface area contributed by atoms with Crippen molar-refractivity contribution in [2.75, 3.05) is 12.4 Å². The molecule has 0 spiro atoms. The number of ketones is 1. The molecule has 1 atom stereocenters. The Morgan fingerprint density at radius 1 is 1.20 bits per heavy atom. The number of anilines is 1. The normalized spacial score (nSPS) is 11.5. The zero-order valence-electron chi connectivity index (χ0n) is 13.5. The number of non-ortho nitro benzene ring substituents is 1. The van der Waals surface area contributed by atoms with Crippen molar-refractivity contribution in [3.63, 3.8) is 0 Å². The van der Waals surface area contributed by atoms with E-state index >= 15 is 0 Å². The summed E-state index contributed by atoms with van der Waals surface area (Å²) in [7, 11) is 1.57. The molecule has 2 rings (SSSR count). The molecule has 0 fully saturated rings. The number of halogens is 1. The molecule has 0 heterocycles. The topological polar surface area (TPSA) is 98.5 Å². The first-order valence-corrected chi connectivity index (χ1v) is 7.68. The predicted molar refractivity (Wildman–Crippen MR) is 93.3 cm³/mol. The Labute approximate surface area is 148 Å². The molecule has 130 valence electrons. The zero-order valence-corrected chi connectivity index (χ0v) is 14.2. The predicted octanol–water partition coefficient (Wildman–Crippen LogP) is 3.72. The van der Waals surface area contributed by atoms with E-state index in [2.05, 4.69) is 5.32 Å². The number of hydrogen-bond donors (Lipinski definition) is 1. The number of hydrogen-bond acceptors (Lipinski definition) is 6. The third-order valence-electron chi connectivity index (χ3n) is 3.49. The van der Waals surface area contributed by atoms with Crippen molar-refractivity contribution in [2.24, 2.45) is 0 Å². The third-order valence-corrected chi connectivity index (χ3v) is 3.74. The first-order chi connectivity index (χ1) is 11.8. The maximum Gasteiger partial charge on any atom is 0.341 e. The Balaban J connectivity index is 2.20. The number of rotatable bonds is 6. The molecule has 0 amide bonds. The average Bonchev–Trinajstić information content (AvgIpc) is 2.60. The van der Waals surface area contributed by atoms with E-state index in [0.717, 1.165) is 6.07 Å². The van der Waals surface area contributed by atoms with Crippen LogP contribution in [-0.2, 0) is 4.74 Å². The highest BCUT2D eigenvalue weighted by molar-refractivity contribution is 6.30. The molecule has 0 aromatic heterocycles. The fourth-order valence-corrected chi connectivity index (χ4v) is 2.29. The Morgan fingerprint density at radius 3 is 2.40 bits per heavy atom. The van der Waals surface area contributed by atoms with Gasteiger partial charge in [-0.1, -0.05) is 11.6 Å². The lowest BCUT2D eigenvalue weighted by Crippen LogP contribution is -2.25. The Kier molecular flexibility index (Phi) is 5.71. The molecule has 0 radical (unpaired) electrons. The maximum atomic E-state index is 12.3. The fraction of sp³-hybridized carbons (Fsp3) is 0.176. The van der Waals surface area contributed by atoms with Crippen molar-refractivity contribution in [1.29, 1.82) is 0 Å². The number of carbonyl (C=O) groups is 2. The van der Waals surface area contributed by atoms with Gasteiger partial charge in [-0.05, 0) is 37.3 Å². The Hall–Kier alpha value is -2.93. The number of ether oxygens (including phenoxy) is 1. The molecule has 1 N–H and O–H groups in total. The molecule has 7 nitrogen and oxygen atoms in total. The lowest BCUT2D eigenvalue weighted by molar-refractivity contribution is -0.384. The van der Waals surface area contributed by atoms with Crippen LogP contribution in [0.15, 0.2) is 42.5 Å². The van der Waals surface area contributed by atoms with Crippen molar-refractivity contribution < 1.29 is 19.2 Å². The summed E-state index contributed by atoms with van der Waals surface area (Å²) in [5.74, 6) is -1.23. The molecule has 0 saturated heterocycles. The highest BCUT2D eigenvalue weighted by atomic mass is 35.5. The smallest absolute Gasteiger partial charge is 0.341 e. The SMILES string of the molecule is CNc1ccc([N+](=O)[O-])cc1C(=O)O[C@H](C)C(=O)c1ccc(Cl)cc1. The molecule has 0 aliphatic heterocycles. The second-order valence-electron chi connectivity index (χ2n) is 5.16. The second kappa shape index (κ2) is 7.76. The highest BCUT2D eigenvalue weighted by Gasteiger charge is 2.23. The number of esters is 1. The summed E-state index contributed by atoms with van der Waals surface area (Å²) in [5, 5.41) is 14.1. The summed E-state index contributed by atoms with van der Waals surface area (Å²) in [5.41, 5.74) is 0.439. The van der Waals surface area contributed by atoms with E-state index in [-0.39, 0.29) is 11.3 Å². The van der Waals surface area contributed by atoms with Crippen molar-refractivity contribution in [3.8, 4) is 0 Å². The highest BCUT2D eigenvalue weighted by Crippen LogP contribution is 2.23. The van der Waals surface area contributed by atoms with Gasteiger partial charge in [-0.25, -0.2) is 4.79 Å². The molecular weight excluding hydrogens is 348 g/mol. The van der Waals surface area contributed by atoms with Crippen LogP contribution in [0.3, 0.4) is 0 Å². The van der Waals surface area contributed by atoms with Crippen LogP contribution in [-0.4, -0.2) is 29.8 Å². The van der Waals surface area contributed by atoms with E-state index in [9.17, 15) is 19.7 Å². The van der Waals surface area contributed by atoms with Gasteiger partial charge in [-0.3, -0.25) is 14.9 Å². The van der Waals surface area contributed by atoms with Crippen LogP contribution in [0.4, 0.5) is 11.4 Å². The van der Waals surface area contributed by atoms with Gasteiger partial charge < -0.3 is 10.1 Å². The van der Waals surface area contributed by atoms with E-state index in [4.69, 9.17) is 16.3 Å². The van der Waals surface area contributed by atoms with Gasteiger partial charge in [0, 0.05) is 35.5 Å². The Bertz CT molecular complexity index is 820. The average molecular weight is 363 g/mol. The van der Waals surface area contributed by atoms with Crippen molar-refractivity contribution in [3.05, 3.63) is 68.7 Å². The number of benzene rings is 2. The fourth-order valence-electron chi connectivity index (χ4n) is 2.16. The summed E-state index contributed by atoms with van der Waals surface area (Å²) < 4.78 is 5.18. The van der Waals surface area contributed by atoms with E-state index in [1.165, 1.54) is 31.2 Å². The summed E-state index contributed by atoms with van der Waals surface area (Å²) >= 11 is 5.78. The molecule has 2 aromatic carbocycles. The number of carbonyl (C=O) groups excluding carboxylic acids is 2. The molecule has 0 aliphatic carbocycles. The van der Waals surface area contributed by atoms with Gasteiger partial charge in [0.05, 0.1) is 10.5 Å². The molecule has 0 saturated carbocycles. The second-order valence-corrected chi connectivity index (χ2v) is 5.59. The lowest BCUT2D eigenvalue weighted by atomic mass is 10.1. The van der Waals surface area contributed by atoms with Crippen LogP contribution in [0.2, 0.25) is 5.02 Å². The molecule has 0 unspecified atom stereocenters. The number of nitrogens with zero attached hydrogens (tertiary/aromatic N) is 1. The van der Waals surface area contributed by atoms with Crippen LogP contribution >= 0.6 is 11.6 Å². The Morgan fingerprint density at radius 2 is 1.84 bits per heavy atom. The number of nitrogens with one attached hydrogen (secondary N) is 1. The monoisotopic (exact) mass is 362 g/mol. The minimum absolute atomic E-state index is 0.0209. The minimum Gasteiger partial charge on any atom is -0.451 e. The summed E-state index contributed by atoms with van der Waals surface area (Å²) in [4.78, 5) is 34.9. The number of Topliss-reactive ketones (excluding diaryl/α,β-unsaturated/α-hetero) is 1. The van der Waals surface area contributed by atoms with Gasteiger partial charge in [-0.15, -0.1) is 0 Å². The first-order valence-electron chi connectivity index (χ1n) is 7.30. The molecular formula is C17H15ClN2O5. The quantitative estimate of drug-likeness (QED) is 0.364. The van der Waals surface area contributed by atoms with Crippen LogP contribution in [0.5, 0.6) is 0 Å². The molecule has 25 heavy (non-hydrogen) atoms. The van der Waals surface area contributed by atoms with Crippen LogP contribution in [0.1, 0.15) is 27.6 Å². The van der Waals surface area contributed by atoms with Gasteiger partial charge >= 0.3 is 5.97 Å². The van der Waals surface area contributed by atoms with Crippen molar-refractivity contribution in [2.45, 2.75) is 13.0 Å². The van der Waals surface area contributed by atoms with Crippen molar-refractivity contribution >= 4 is 34.7 Å². The maximum absolute atomic E-state index is 12.3. The van der Waals surface area contributed by atoms with Gasteiger partial charge in [0.2, 0.25) is 5.78 Å². The molecule has 0 aliphatic rings. The first kappa shape index (κ1) is 18.4. The van der Waals surface area contributed by atoms with Crippen molar-refractivity contribution in [1.82, 2.24) is 0 Å². The van der Waals surface area contributed by atoms with Gasteiger partial charge in [0.25, 0.3) is 5.69 Å². The summed E-state index contributed by atoms with van der Waals surface area (Å²) in [6, 6.07) is 9.95. The van der Waals surface area contributed by atoms with E-state index < -0.39 is 22.8 Å². The summed E-state index contributed by atoms with van der Waals surface area (Å²) in [6.45, 7) is 1.44. The molecule has 8 heteroatoms. The van der Waals surface area contributed by atoms with Crippen LogP contribution < -0.4 is 5.32 Å². The van der Waals surface area contributed by atoms with Gasteiger partial charge in [0.1, 0.15) is 0 Å². The van der Waals surface area contributed by atoms with E-state index in [0.29, 0.717) is 16.3 Å². The minimum atomic E-state index is -1.06. The largest absolute Gasteiger partial charge is 0.451 e. The number of nitro groups is 1. The van der Waals surface area contributed by atoms with Gasteiger partial charge in [-0.2, -0.15) is 0 Å². The van der Waals surface area contributed by atoms with Gasteiger partial charge in [0.15, 0.2) is 6.10 Å². The zero-order chi connectivity index (χ0) is 18.6.